The number of nitrogens with one attached hydrogen (secondary N) is 2. The van der Waals surface area contributed by atoms with Crippen LogP contribution in [0, 0.1) is 0 Å². The van der Waals surface area contributed by atoms with Gasteiger partial charge in [-0.3, -0.25) is 0 Å². The van der Waals surface area contributed by atoms with Gasteiger partial charge in [0.25, 0.3) is 0 Å². The number of aromatic nitrogens is 3. The number of benzene rings is 1. The number of hydrogen-bond acceptors (Lipinski definition) is 7. The third kappa shape index (κ3) is 4.97. The lowest BCUT2D eigenvalue weighted by Crippen LogP contribution is -2.31. The molecule has 0 aliphatic carbocycles. The van der Waals surface area contributed by atoms with E-state index in [1.165, 1.54) is 39.5 Å². The summed E-state index contributed by atoms with van der Waals surface area (Å²) in [5, 5.41) is 5.52. The first-order valence-electron chi connectivity index (χ1n) is 11.1. The van der Waals surface area contributed by atoms with Gasteiger partial charge in [-0.2, -0.15) is 0 Å². The maximum atomic E-state index is 11.9. The van der Waals surface area contributed by atoms with Gasteiger partial charge in [0.05, 0.1) is 24.6 Å². The Balaban J connectivity index is 1.61. The molecule has 0 amide bonds. The number of methoxy groups -OCH3 is 1. The topological polar surface area (TPSA) is 86.4 Å². The number of rotatable bonds is 8. The third-order valence-corrected chi connectivity index (χ3v) is 5.77. The second kappa shape index (κ2) is 9.62. The summed E-state index contributed by atoms with van der Waals surface area (Å²) in [6.45, 7) is 5.06. The number of piperidine rings is 1. The molecule has 0 radical (unpaired) electrons. The number of anilines is 1. The highest BCUT2D eigenvalue weighted by atomic mass is 16.5. The Labute approximate surface area is 183 Å². The van der Waals surface area contributed by atoms with Crippen molar-refractivity contribution in [1.82, 2.24) is 24.8 Å². The number of hydrogen-bond donors (Lipinski definition) is 2. The maximum absolute atomic E-state index is 11.9. The standard InChI is InChI=1S/C23H32N6O2/c1-28(2)15-19-26-21(24-10-7-13-29-11-5-4-6-12-29)20-17-9-8-16(23(30)31-3)14-18(17)25-22(20)27-19/h8-9,14H,4-7,10-13,15H2,1-3H3,(H2,24,25,26,27). The second-order valence-electron chi connectivity index (χ2n) is 8.51. The van der Waals surface area contributed by atoms with Crippen LogP contribution in [-0.2, 0) is 11.3 Å². The first kappa shape index (κ1) is 21.5. The summed E-state index contributed by atoms with van der Waals surface area (Å²) in [6.07, 6.45) is 5.07. The molecule has 4 rings (SSSR count). The van der Waals surface area contributed by atoms with Gasteiger partial charge in [0.2, 0.25) is 0 Å². The van der Waals surface area contributed by atoms with Gasteiger partial charge in [-0.25, -0.2) is 14.8 Å². The van der Waals surface area contributed by atoms with Gasteiger partial charge in [-0.15, -0.1) is 0 Å². The molecule has 0 saturated carbocycles. The second-order valence-corrected chi connectivity index (χ2v) is 8.51. The van der Waals surface area contributed by atoms with E-state index < -0.39 is 0 Å². The number of carbonyl (C=O) groups is 1. The summed E-state index contributed by atoms with van der Waals surface area (Å²) in [5.41, 5.74) is 2.15. The molecule has 3 aromatic rings. The van der Waals surface area contributed by atoms with Crippen molar-refractivity contribution in [2.45, 2.75) is 32.2 Å². The Kier molecular flexibility index (Phi) is 6.67. The van der Waals surface area contributed by atoms with Gasteiger partial charge >= 0.3 is 5.97 Å². The van der Waals surface area contributed by atoms with E-state index >= 15 is 0 Å². The van der Waals surface area contributed by atoms with Crippen molar-refractivity contribution in [3.8, 4) is 0 Å². The summed E-state index contributed by atoms with van der Waals surface area (Å²) in [6, 6.07) is 5.54. The van der Waals surface area contributed by atoms with Crippen molar-refractivity contribution >= 4 is 33.7 Å². The molecule has 1 aliphatic rings. The minimum absolute atomic E-state index is 0.351. The highest BCUT2D eigenvalue weighted by Crippen LogP contribution is 2.30. The molecule has 0 atom stereocenters. The Bertz CT molecular complexity index is 1060. The monoisotopic (exact) mass is 424 g/mol. The van der Waals surface area contributed by atoms with Crippen molar-refractivity contribution in [2.24, 2.45) is 0 Å². The highest BCUT2D eigenvalue weighted by molar-refractivity contribution is 6.12. The molecule has 31 heavy (non-hydrogen) atoms. The largest absolute Gasteiger partial charge is 0.465 e. The van der Waals surface area contributed by atoms with E-state index in [0.29, 0.717) is 12.1 Å². The van der Waals surface area contributed by atoms with E-state index in [0.717, 1.165) is 53.1 Å². The van der Waals surface area contributed by atoms with Crippen LogP contribution < -0.4 is 5.32 Å². The normalized spacial score (nSPS) is 15.1. The average molecular weight is 425 g/mol. The van der Waals surface area contributed by atoms with Crippen LogP contribution >= 0.6 is 0 Å². The molecule has 8 nitrogen and oxygen atoms in total. The minimum atomic E-state index is -0.351. The van der Waals surface area contributed by atoms with Crippen molar-refractivity contribution in [3.05, 3.63) is 29.6 Å². The molecule has 1 aromatic carbocycles. The van der Waals surface area contributed by atoms with Crippen LogP contribution in [0.15, 0.2) is 18.2 Å². The van der Waals surface area contributed by atoms with Gasteiger partial charge in [0.1, 0.15) is 17.3 Å². The molecular weight excluding hydrogens is 392 g/mol. The Morgan fingerprint density at radius 3 is 2.77 bits per heavy atom. The van der Waals surface area contributed by atoms with Crippen LogP contribution in [0.1, 0.15) is 41.9 Å². The predicted molar refractivity (Wildman–Crippen MR) is 124 cm³/mol. The van der Waals surface area contributed by atoms with Gasteiger partial charge in [0.15, 0.2) is 0 Å². The summed E-state index contributed by atoms with van der Waals surface area (Å²) < 4.78 is 4.86. The molecular formula is C23H32N6O2. The highest BCUT2D eigenvalue weighted by Gasteiger charge is 2.16. The van der Waals surface area contributed by atoms with Crippen molar-refractivity contribution in [2.75, 3.05) is 52.7 Å². The smallest absolute Gasteiger partial charge is 0.337 e. The fraction of sp³-hybridized carbons (Fsp3) is 0.522. The number of H-pyrrole nitrogens is 1. The number of fused-ring (bicyclic) bond motifs is 3. The molecule has 8 heteroatoms. The third-order valence-electron chi connectivity index (χ3n) is 5.77. The quantitative estimate of drug-likeness (QED) is 0.424. The Morgan fingerprint density at radius 1 is 1.23 bits per heavy atom. The lowest BCUT2D eigenvalue weighted by Gasteiger charge is -2.26. The van der Waals surface area contributed by atoms with Gasteiger partial charge in [-0.05, 0) is 65.1 Å². The number of esters is 1. The van der Waals surface area contributed by atoms with Crippen LogP contribution in [0.2, 0.25) is 0 Å². The van der Waals surface area contributed by atoms with Crippen LogP contribution in [0.4, 0.5) is 5.82 Å². The zero-order chi connectivity index (χ0) is 21.8. The summed E-state index contributed by atoms with van der Waals surface area (Å²) >= 11 is 0. The molecule has 1 aliphatic heterocycles. The fourth-order valence-electron chi connectivity index (χ4n) is 4.26. The van der Waals surface area contributed by atoms with Crippen LogP contribution in [-0.4, -0.2) is 78.1 Å². The van der Waals surface area contributed by atoms with E-state index in [1.807, 2.05) is 26.2 Å². The zero-order valence-corrected chi connectivity index (χ0v) is 18.7. The minimum Gasteiger partial charge on any atom is -0.465 e. The van der Waals surface area contributed by atoms with Crippen molar-refractivity contribution in [3.63, 3.8) is 0 Å². The molecule has 0 spiro atoms. The number of aromatic amines is 1. The summed E-state index contributed by atoms with van der Waals surface area (Å²) in [5.74, 6) is 1.25. The molecule has 2 aromatic heterocycles. The fourth-order valence-corrected chi connectivity index (χ4v) is 4.26. The lowest BCUT2D eigenvalue weighted by atomic mass is 10.1. The Morgan fingerprint density at radius 2 is 2.03 bits per heavy atom. The number of likely N-dealkylation sites (tertiary alicyclic amines) is 1. The Hall–Kier alpha value is -2.71. The number of carbonyl (C=O) groups excluding carboxylic acids is 1. The van der Waals surface area contributed by atoms with E-state index in [1.54, 1.807) is 6.07 Å². The lowest BCUT2D eigenvalue weighted by molar-refractivity contribution is 0.0601. The predicted octanol–water partition coefficient (Wildman–Crippen LogP) is 3.25. The average Bonchev–Trinajstić information content (AvgIpc) is 3.14. The first-order chi connectivity index (χ1) is 15.0. The number of ether oxygens (including phenoxy) is 1. The molecule has 3 heterocycles. The van der Waals surface area contributed by atoms with E-state index in [9.17, 15) is 4.79 Å². The van der Waals surface area contributed by atoms with Crippen LogP contribution in [0.3, 0.4) is 0 Å². The molecule has 2 N–H and O–H groups in total. The van der Waals surface area contributed by atoms with E-state index in [-0.39, 0.29) is 5.97 Å². The van der Waals surface area contributed by atoms with Crippen LogP contribution in [0.25, 0.3) is 21.9 Å². The van der Waals surface area contributed by atoms with Crippen molar-refractivity contribution < 1.29 is 9.53 Å². The molecule has 1 fully saturated rings. The summed E-state index contributed by atoms with van der Waals surface area (Å²) in [4.78, 5) is 29.5. The van der Waals surface area contributed by atoms with Crippen molar-refractivity contribution in [1.29, 1.82) is 0 Å². The number of nitrogens with zero attached hydrogens (tertiary/aromatic N) is 4. The molecule has 166 valence electrons. The van der Waals surface area contributed by atoms with Gasteiger partial charge in [-0.1, -0.05) is 12.5 Å². The van der Waals surface area contributed by atoms with E-state index in [2.05, 4.69) is 20.1 Å². The molecule has 0 bridgehead atoms. The maximum Gasteiger partial charge on any atom is 0.337 e. The van der Waals surface area contributed by atoms with E-state index in [4.69, 9.17) is 14.7 Å². The van der Waals surface area contributed by atoms with Gasteiger partial charge < -0.3 is 24.8 Å². The zero-order valence-electron chi connectivity index (χ0n) is 18.7. The SMILES string of the molecule is COC(=O)c1ccc2c(c1)[nH]c1nc(CN(C)C)nc(NCCCN3CCCCC3)c12. The summed E-state index contributed by atoms with van der Waals surface area (Å²) in [7, 11) is 5.41. The first-order valence-corrected chi connectivity index (χ1v) is 11.1. The molecule has 0 unspecified atom stereocenters. The van der Waals surface area contributed by atoms with Gasteiger partial charge in [0, 0.05) is 17.4 Å². The molecule has 1 saturated heterocycles. The van der Waals surface area contributed by atoms with Crippen LogP contribution in [0.5, 0.6) is 0 Å².